The van der Waals surface area contributed by atoms with Crippen LogP contribution in [0.3, 0.4) is 0 Å². The minimum Gasteiger partial charge on any atom is -0.507 e. The van der Waals surface area contributed by atoms with Gasteiger partial charge in [0.05, 0.1) is 25.1 Å². The summed E-state index contributed by atoms with van der Waals surface area (Å²) < 4.78 is 13.1. The Balaban J connectivity index is 1.41. The highest BCUT2D eigenvalue weighted by atomic mass is 16.5. The molecule has 1 aromatic heterocycles. The molecule has 204 valence electrons. The number of aromatic nitrogens is 2. The Labute approximate surface area is 233 Å². The molecule has 0 bridgehead atoms. The van der Waals surface area contributed by atoms with E-state index < -0.39 is 17.7 Å². The van der Waals surface area contributed by atoms with Crippen LogP contribution < -0.4 is 9.47 Å². The molecular formula is C32H31N3O5. The number of ketones is 1. The molecule has 4 aromatic rings. The van der Waals surface area contributed by atoms with Crippen LogP contribution in [0.2, 0.25) is 0 Å². The molecule has 3 aromatic carbocycles. The fourth-order valence-corrected chi connectivity index (χ4v) is 4.92. The van der Waals surface area contributed by atoms with Gasteiger partial charge in [0.15, 0.2) is 0 Å². The van der Waals surface area contributed by atoms with Gasteiger partial charge in [-0.3, -0.25) is 9.59 Å². The van der Waals surface area contributed by atoms with Crippen LogP contribution in [-0.2, 0) is 22.7 Å². The van der Waals surface area contributed by atoms with Crippen LogP contribution in [0.4, 0.5) is 0 Å². The van der Waals surface area contributed by atoms with Gasteiger partial charge in [0.2, 0.25) is 0 Å². The molecule has 40 heavy (non-hydrogen) atoms. The highest BCUT2D eigenvalue weighted by Gasteiger charge is 2.45. The van der Waals surface area contributed by atoms with Gasteiger partial charge >= 0.3 is 0 Å². The van der Waals surface area contributed by atoms with Crippen molar-refractivity contribution >= 4 is 17.4 Å². The van der Waals surface area contributed by atoms with Crippen molar-refractivity contribution in [3.63, 3.8) is 0 Å². The number of amides is 1. The minimum absolute atomic E-state index is 0.0613. The highest BCUT2D eigenvalue weighted by Crippen LogP contribution is 2.40. The van der Waals surface area contributed by atoms with Crippen molar-refractivity contribution in [1.29, 1.82) is 0 Å². The molecule has 8 heteroatoms. The smallest absolute Gasteiger partial charge is 0.295 e. The molecule has 1 atom stereocenters. The van der Waals surface area contributed by atoms with Gasteiger partial charge in [-0.1, -0.05) is 42.0 Å². The molecule has 0 saturated carbocycles. The number of benzene rings is 3. The fraction of sp³-hybridized carbons (Fsp3) is 0.219. The Morgan fingerprint density at radius 1 is 0.975 bits per heavy atom. The van der Waals surface area contributed by atoms with Crippen molar-refractivity contribution in [2.45, 2.75) is 32.5 Å². The first kappa shape index (κ1) is 26.7. The van der Waals surface area contributed by atoms with Gasteiger partial charge < -0.3 is 24.0 Å². The number of hydrogen-bond acceptors (Lipinski definition) is 6. The van der Waals surface area contributed by atoms with Gasteiger partial charge in [-0.15, -0.1) is 0 Å². The van der Waals surface area contributed by atoms with E-state index in [0.717, 1.165) is 11.1 Å². The van der Waals surface area contributed by atoms with Crippen LogP contribution >= 0.6 is 0 Å². The number of rotatable bonds is 10. The average molecular weight is 538 g/mol. The van der Waals surface area contributed by atoms with Crippen molar-refractivity contribution in [2.24, 2.45) is 0 Å². The summed E-state index contributed by atoms with van der Waals surface area (Å²) in [7, 11) is 1.57. The summed E-state index contributed by atoms with van der Waals surface area (Å²) in [5.41, 5.74) is 3.41. The molecule has 1 amide bonds. The number of carbonyl (C=O) groups excluding carboxylic acids is 2. The fourth-order valence-electron chi connectivity index (χ4n) is 4.92. The second kappa shape index (κ2) is 11.9. The van der Waals surface area contributed by atoms with Crippen molar-refractivity contribution in [1.82, 2.24) is 14.5 Å². The number of aliphatic hydroxyl groups excluding tert-OH is 1. The van der Waals surface area contributed by atoms with Crippen LogP contribution in [0, 0.1) is 6.92 Å². The number of aliphatic hydroxyl groups is 1. The predicted octanol–water partition coefficient (Wildman–Crippen LogP) is 5.29. The van der Waals surface area contributed by atoms with E-state index >= 15 is 0 Å². The van der Waals surface area contributed by atoms with Crippen LogP contribution in [0.25, 0.3) is 5.76 Å². The molecule has 0 spiro atoms. The van der Waals surface area contributed by atoms with Crippen LogP contribution in [0.1, 0.15) is 34.7 Å². The molecule has 1 saturated heterocycles. The van der Waals surface area contributed by atoms with E-state index in [0.29, 0.717) is 48.7 Å². The molecule has 0 unspecified atom stereocenters. The summed E-state index contributed by atoms with van der Waals surface area (Å²) in [4.78, 5) is 32.1. The summed E-state index contributed by atoms with van der Waals surface area (Å²) in [6.45, 7) is 3.42. The van der Waals surface area contributed by atoms with E-state index in [1.807, 2.05) is 48.0 Å². The first-order valence-corrected chi connectivity index (χ1v) is 13.1. The number of Topliss-reactive ketones (excluding diaryl/α,β-unsaturated/α-hetero) is 1. The Morgan fingerprint density at radius 3 is 2.40 bits per heavy atom. The van der Waals surface area contributed by atoms with Gasteiger partial charge in [0.1, 0.15) is 23.9 Å². The van der Waals surface area contributed by atoms with Crippen molar-refractivity contribution in [3.05, 3.63) is 119 Å². The van der Waals surface area contributed by atoms with E-state index in [1.54, 1.807) is 56.0 Å². The second-order valence-corrected chi connectivity index (χ2v) is 9.72. The Kier molecular flexibility index (Phi) is 7.96. The lowest BCUT2D eigenvalue weighted by molar-refractivity contribution is -0.139. The van der Waals surface area contributed by atoms with Gasteiger partial charge in [-0.05, 0) is 60.9 Å². The van der Waals surface area contributed by atoms with Gasteiger partial charge in [-0.2, -0.15) is 0 Å². The standard InChI is InChI=1S/C32H31N3O5/c1-22-5-3-6-23(19-22)20-40-27-13-9-25(10-14-27)30(36)28-29(24-7-11-26(39-2)12-8-24)35(32(38)31(28)37)17-4-16-34-18-15-33-21-34/h3,5-15,18-19,21,29,36H,4,16-17,20H2,1-2H3/t29-/m1/s1. The third-order valence-corrected chi connectivity index (χ3v) is 6.96. The molecule has 1 N–H and O–H groups in total. The molecule has 2 heterocycles. The second-order valence-electron chi connectivity index (χ2n) is 9.72. The van der Waals surface area contributed by atoms with Crippen LogP contribution in [-0.4, -0.2) is 44.9 Å². The summed E-state index contributed by atoms with van der Waals surface area (Å²) in [6, 6.07) is 21.4. The highest BCUT2D eigenvalue weighted by molar-refractivity contribution is 6.46. The topological polar surface area (TPSA) is 93.9 Å². The largest absolute Gasteiger partial charge is 0.507 e. The molecule has 1 aliphatic rings. The zero-order chi connectivity index (χ0) is 28.1. The molecule has 8 nitrogen and oxygen atoms in total. The zero-order valence-electron chi connectivity index (χ0n) is 22.5. The van der Waals surface area contributed by atoms with Gasteiger partial charge in [0.25, 0.3) is 11.7 Å². The summed E-state index contributed by atoms with van der Waals surface area (Å²) in [6.07, 6.45) is 5.87. The quantitative estimate of drug-likeness (QED) is 0.168. The first-order valence-electron chi connectivity index (χ1n) is 13.1. The maximum Gasteiger partial charge on any atom is 0.295 e. The number of imidazole rings is 1. The van der Waals surface area contributed by atoms with E-state index in [9.17, 15) is 14.7 Å². The molecule has 0 aliphatic carbocycles. The maximum absolute atomic E-state index is 13.3. The van der Waals surface area contributed by atoms with Gasteiger partial charge in [-0.25, -0.2) is 4.98 Å². The SMILES string of the molecule is COc1ccc([C@@H]2C(=C(O)c3ccc(OCc4cccc(C)c4)cc3)C(=O)C(=O)N2CCCn2ccnc2)cc1. The van der Waals surface area contributed by atoms with Gasteiger partial charge in [0, 0.05) is 31.0 Å². The van der Waals surface area contributed by atoms with Crippen LogP contribution in [0.15, 0.2) is 97.1 Å². The average Bonchev–Trinajstić information content (AvgIpc) is 3.58. The van der Waals surface area contributed by atoms with E-state index in [-0.39, 0.29) is 11.3 Å². The lowest BCUT2D eigenvalue weighted by atomic mass is 9.95. The number of nitrogens with zero attached hydrogens (tertiary/aromatic N) is 3. The molecule has 1 aliphatic heterocycles. The number of carbonyl (C=O) groups is 2. The van der Waals surface area contributed by atoms with E-state index in [2.05, 4.69) is 11.1 Å². The summed E-state index contributed by atoms with van der Waals surface area (Å²) in [5, 5.41) is 11.4. The lowest BCUT2D eigenvalue weighted by Crippen LogP contribution is -2.31. The number of methoxy groups -OCH3 is 1. The Hall–Kier alpha value is -4.85. The number of aryl methyl sites for hydroxylation is 2. The molecule has 5 rings (SSSR count). The molecule has 0 radical (unpaired) electrons. The normalized spacial score (nSPS) is 16.4. The third-order valence-electron chi connectivity index (χ3n) is 6.96. The maximum atomic E-state index is 13.3. The number of likely N-dealkylation sites (tertiary alicyclic amines) is 1. The van der Waals surface area contributed by atoms with Crippen molar-refractivity contribution in [3.8, 4) is 11.5 Å². The summed E-state index contributed by atoms with van der Waals surface area (Å²) in [5.74, 6) is -0.278. The van der Waals surface area contributed by atoms with Crippen molar-refractivity contribution in [2.75, 3.05) is 13.7 Å². The number of ether oxygens (including phenoxy) is 2. The zero-order valence-corrected chi connectivity index (χ0v) is 22.5. The monoisotopic (exact) mass is 537 g/mol. The van der Waals surface area contributed by atoms with E-state index in [4.69, 9.17) is 9.47 Å². The van der Waals surface area contributed by atoms with E-state index in [1.165, 1.54) is 4.90 Å². The predicted molar refractivity (Wildman–Crippen MR) is 151 cm³/mol. The first-order chi connectivity index (χ1) is 19.4. The van der Waals surface area contributed by atoms with Crippen LogP contribution in [0.5, 0.6) is 11.5 Å². The van der Waals surface area contributed by atoms with Crippen molar-refractivity contribution < 1.29 is 24.2 Å². The minimum atomic E-state index is -0.731. The Bertz CT molecular complexity index is 1510. The summed E-state index contributed by atoms with van der Waals surface area (Å²) >= 11 is 0. The number of hydrogen-bond donors (Lipinski definition) is 1. The third kappa shape index (κ3) is 5.76. The molecule has 1 fully saturated rings. The lowest BCUT2D eigenvalue weighted by Gasteiger charge is -2.25. The molecular weight excluding hydrogens is 506 g/mol. The Morgan fingerprint density at radius 2 is 1.73 bits per heavy atom.